The minimum absolute atomic E-state index is 0.0400. The zero-order valence-corrected chi connectivity index (χ0v) is 18.2. The number of benzene rings is 2. The average molecular weight is 475 g/mol. The maximum Gasteiger partial charge on any atom is 0.326 e. The van der Waals surface area contributed by atoms with E-state index in [-0.39, 0.29) is 41.4 Å². The third kappa shape index (κ3) is 5.68. The number of carbonyl (C=O) groups excluding carboxylic acids is 1. The number of carboxylic acid groups (broad SMARTS) is 1. The van der Waals surface area contributed by atoms with E-state index in [0.29, 0.717) is 16.9 Å². The Balaban J connectivity index is 1.38. The Kier molecular flexibility index (Phi) is 6.53. The summed E-state index contributed by atoms with van der Waals surface area (Å²) in [5, 5.41) is 24.5. The Bertz CT molecular complexity index is 1440. The number of hydrogen-bond donors (Lipinski definition) is 6. The first kappa shape index (κ1) is 23.2. The molecule has 0 spiro atoms. The Hall–Kier alpha value is -5.00. The van der Waals surface area contributed by atoms with Gasteiger partial charge in [0.2, 0.25) is 5.95 Å². The van der Waals surface area contributed by atoms with Gasteiger partial charge in [0.25, 0.3) is 11.5 Å². The van der Waals surface area contributed by atoms with E-state index in [4.69, 9.17) is 5.73 Å². The third-order valence-corrected chi connectivity index (χ3v) is 5.09. The van der Waals surface area contributed by atoms with Crippen LogP contribution in [-0.4, -0.2) is 48.1 Å². The molecule has 7 N–H and O–H groups in total. The predicted octanol–water partition coefficient (Wildman–Crippen LogP) is 1.04. The van der Waals surface area contributed by atoms with Crippen molar-refractivity contribution < 1.29 is 19.8 Å². The van der Waals surface area contributed by atoms with Gasteiger partial charge in [-0.2, -0.15) is 4.98 Å². The molecule has 0 aliphatic carbocycles. The molecule has 1 amide bonds. The molecule has 35 heavy (non-hydrogen) atoms. The number of nitrogens with one attached hydrogen (secondary N) is 3. The molecule has 12 nitrogen and oxygen atoms in total. The fraction of sp³-hybridized carbons (Fsp3) is 0.130. The highest BCUT2D eigenvalue weighted by atomic mass is 16.4. The fourth-order valence-corrected chi connectivity index (χ4v) is 3.30. The number of anilines is 2. The third-order valence-electron chi connectivity index (χ3n) is 5.09. The summed E-state index contributed by atoms with van der Waals surface area (Å²) in [5.41, 5.74) is 7.35. The standard InChI is InChI=1S/C23H21N7O5/c24-23-29-19-18(21(33)30-23)27-15(11-26-19)10-25-14-5-3-13(4-6-14)20(32)28-17(22(34)35)9-12-1-7-16(31)8-2-12/h1-8,11,17,25,31H,9-10H2,(H,28,32)(H,34,35)(H3,24,26,29,30,33). The largest absolute Gasteiger partial charge is 0.508 e. The number of amides is 1. The zero-order chi connectivity index (χ0) is 24.9. The van der Waals surface area contributed by atoms with E-state index in [1.165, 1.54) is 18.3 Å². The minimum atomic E-state index is -1.17. The molecule has 0 saturated heterocycles. The van der Waals surface area contributed by atoms with Gasteiger partial charge in [-0.15, -0.1) is 0 Å². The molecule has 1 unspecified atom stereocenters. The number of rotatable bonds is 8. The summed E-state index contributed by atoms with van der Waals surface area (Å²) in [4.78, 5) is 50.8. The number of carbonyl (C=O) groups is 2. The van der Waals surface area contributed by atoms with E-state index in [2.05, 4.69) is 30.6 Å². The normalized spacial score (nSPS) is 11.7. The SMILES string of the molecule is Nc1nc2ncc(CNc3ccc(C(=O)NC(Cc4ccc(O)cc4)C(=O)O)cc3)nc2c(=O)[nH]1. The molecule has 4 aromatic rings. The van der Waals surface area contributed by atoms with Crippen LogP contribution in [0.1, 0.15) is 21.6 Å². The second-order valence-electron chi connectivity index (χ2n) is 7.65. The van der Waals surface area contributed by atoms with E-state index < -0.39 is 23.5 Å². The number of fused-ring (bicyclic) bond motifs is 1. The van der Waals surface area contributed by atoms with Gasteiger partial charge in [-0.25, -0.2) is 14.8 Å². The molecule has 4 rings (SSSR count). The summed E-state index contributed by atoms with van der Waals surface area (Å²) in [7, 11) is 0. The van der Waals surface area contributed by atoms with Crippen LogP contribution in [0.2, 0.25) is 0 Å². The molecule has 2 heterocycles. The van der Waals surface area contributed by atoms with Crippen molar-refractivity contribution in [3.8, 4) is 5.75 Å². The Morgan fingerprint density at radius 1 is 1.06 bits per heavy atom. The second-order valence-corrected chi connectivity index (χ2v) is 7.65. The molecule has 12 heteroatoms. The van der Waals surface area contributed by atoms with E-state index in [1.807, 2.05) is 0 Å². The van der Waals surface area contributed by atoms with Crippen molar-refractivity contribution in [2.75, 3.05) is 11.1 Å². The van der Waals surface area contributed by atoms with Gasteiger partial charge in [0, 0.05) is 17.7 Å². The maximum atomic E-state index is 12.6. The summed E-state index contributed by atoms with van der Waals surface area (Å²) in [6.07, 6.45) is 1.54. The molecule has 0 fully saturated rings. The summed E-state index contributed by atoms with van der Waals surface area (Å²) in [6, 6.07) is 11.4. The van der Waals surface area contributed by atoms with Gasteiger partial charge >= 0.3 is 5.97 Å². The van der Waals surface area contributed by atoms with E-state index in [9.17, 15) is 24.6 Å². The van der Waals surface area contributed by atoms with Crippen LogP contribution in [0.15, 0.2) is 59.5 Å². The molecule has 2 aromatic carbocycles. The second kappa shape index (κ2) is 9.87. The molecule has 0 radical (unpaired) electrons. The summed E-state index contributed by atoms with van der Waals surface area (Å²) < 4.78 is 0. The number of H-pyrrole nitrogens is 1. The minimum Gasteiger partial charge on any atom is -0.508 e. The number of hydrogen-bond acceptors (Lipinski definition) is 9. The molecule has 0 saturated carbocycles. The molecule has 2 aromatic heterocycles. The zero-order valence-electron chi connectivity index (χ0n) is 18.2. The lowest BCUT2D eigenvalue weighted by atomic mass is 10.1. The molecule has 0 aliphatic rings. The van der Waals surface area contributed by atoms with E-state index >= 15 is 0 Å². The van der Waals surface area contributed by atoms with Crippen LogP contribution in [0.3, 0.4) is 0 Å². The number of aromatic amines is 1. The van der Waals surface area contributed by atoms with Crippen molar-refractivity contribution in [2.24, 2.45) is 0 Å². The van der Waals surface area contributed by atoms with Gasteiger partial charge in [-0.3, -0.25) is 14.6 Å². The highest BCUT2D eigenvalue weighted by Crippen LogP contribution is 2.14. The van der Waals surface area contributed by atoms with Crippen LogP contribution < -0.4 is 21.9 Å². The van der Waals surface area contributed by atoms with Gasteiger partial charge in [-0.05, 0) is 42.0 Å². The van der Waals surface area contributed by atoms with Gasteiger partial charge in [0.1, 0.15) is 11.8 Å². The number of aliphatic carboxylic acids is 1. The molecule has 0 bridgehead atoms. The fourth-order valence-electron chi connectivity index (χ4n) is 3.30. The molecule has 0 aliphatic heterocycles. The monoisotopic (exact) mass is 475 g/mol. The Morgan fingerprint density at radius 2 is 1.77 bits per heavy atom. The Morgan fingerprint density at radius 3 is 2.46 bits per heavy atom. The van der Waals surface area contributed by atoms with Crippen molar-refractivity contribution in [2.45, 2.75) is 19.0 Å². The maximum absolute atomic E-state index is 12.6. The number of nitrogens with two attached hydrogens (primary N) is 1. The number of aromatic hydroxyl groups is 1. The molecular weight excluding hydrogens is 454 g/mol. The smallest absolute Gasteiger partial charge is 0.326 e. The highest BCUT2D eigenvalue weighted by molar-refractivity contribution is 5.96. The van der Waals surface area contributed by atoms with Gasteiger partial charge < -0.3 is 26.6 Å². The van der Waals surface area contributed by atoms with Crippen LogP contribution in [0.4, 0.5) is 11.6 Å². The van der Waals surface area contributed by atoms with Crippen LogP contribution >= 0.6 is 0 Å². The number of aromatic nitrogens is 4. The summed E-state index contributed by atoms with van der Waals surface area (Å²) in [5.74, 6) is -1.67. The predicted molar refractivity (Wildman–Crippen MR) is 127 cm³/mol. The number of phenolic OH excluding ortho intramolecular Hbond substituents is 1. The van der Waals surface area contributed by atoms with Crippen LogP contribution in [0.5, 0.6) is 5.75 Å². The first-order chi connectivity index (χ1) is 16.8. The molecular formula is C23H21N7O5. The van der Waals surface area contributed by atoms with Crippen molar-refractivity contribution in [1.82, 2.24) is 25.3 Å². The van der Waals surface area contributed by atoms with Crippen LogP contribution in [-0.2, 0) is 17.8 Å². The first-order valence-electron chi connectivity index (χ1n) is 10.5. The highest BCUT2D eigenvalue weighted by Gasteiger charge is 2.21. The average Bonchev–Trinajstić information content (AvgIpc) is 2.84. The van der Waals surface area contributed by atoms with Gasteiger partial charge in [0.05, 0.1) is 18.4 Å². The van der Waals surface area contributed by atoms with E-state index in [1.54, 1.807) is 36.4 Å². The van der Waals surface area contributed by atoms with Crippen LogP contribution in [0, 0.1) is 0 Å². The van der Waals surface area contributed by atoms with Crippen molar-refractivity contribution in [3.05, 3.63) is 81.9 Å². The quantitative estimate of drug-likeness (QED) is 0.214. The number of nitrogens with zero attached hydrogens (tertiary/aromatic N) is 3. The number of nitrogen functional groups attached to an aromatic ring is 1. The van der Waals surface area contributed by atoms with Gasteiger partial charge in [0.15, 0.2) is 11.2 Å². The molecule has 1 atom stereocenters. The van der Waals surface area contributed by atoms with Crippen LogP contribution in [0.25, 0.3) is 11.2 Å². The van der Waals surface area contributed by atoms with Gasteiger partial charge in [-0.1, -0.05) is 12.1 Å². The summed E-state index contributed by atoms with van der Waals surface area (Å²) >= 11 is 0. The van der Waals surface area contributed by atoms with Crippen molar-refractivity contribution >= 4 is 34.7 Å². The molecule has 178 valence electrons. The number of carboxylic acids is 1. The topological polar surface area (TPSA) is 196 Å². The van der Waals surface area contributed by atoms with Crippen molar-refractivity contribution in [1.29, 1.82) is 0 Å². The lowest BCUT2D eigenvalue weighted by Gasteiger charge is -2.15. The Labute approximate surface area is 197 Å². The number of phenols is 1. The lowest BCUT2D eigenvalue weighted by Crippen LogP contribution is -2.42. The summed E-state index contributed by atoms with van der Waals surface area (Å²) in [6.45, 7) is 0.256. The van der Waals surface area contributed by atoms with Crippen molar-refractivity contribution in [3.63, 3.8) is 0 Å². The van der Waals surface area contributed by atoms with E-state index in [0.717, 1.165) is 0 Å². The first-order valence-corrected chi connectivity index (χ1v) is 10.5. The lowest BCUT2D eigenvalue weighted by molar-refractivity contribution is -0.139.